The monoisotopic (exact) mass is 312 g/mol. The SMILES string of the molecule is OC(CCCC1CCCO1)Cc1ccccc1Br. The van der Waals surface area contributed by atoms with Crippen molar-refractivity contribution in [1.82, 2.24) is 0 Å². The molecule has 3 heteroatoms. The predicted molar refractivity (Wildman–Crippen MR) is 76.7 cm³/mol. The van der Waals surface area contributed by atoms with E-state index in [9.17, 15) is 5.11 Å². The highest BCUT2D eigenvalue weighted by Crippen LogP contribution is 2.21. The number of rotatable bonds is 6. The number of aliphatic hydroxyl groups excluding tert-OH is 1. The van der Waals surface area contributed by atoms with Crippen molar-refractivity contribution in [3.05, 3.63) is 34.3 Å². The zero-order valence-electron chi connectivity index (χ0n) is 10.6. The highest BCUT2D eigenvalue weighted by atomic mass is 79.9. The average molecular weight is 313 g/mol. The van der Waals surface area contributed by atoms with E-state index in [2.05, 4.69) is 22.0 Å². The number of benzene rings is 1. The molecule has 0 spiro atoms. The van der Waals surface area contributed by atoms with Gasteiger partial charge in [-0.25, -0.2) is 0 Å². The Hall–Kier alpha value is -0.380. The summed E-state index contributed by atoms with van der Waals surface area (Å²) in [7, 11) is 0. The molecular formula is C15H21BrO2. The van der Waals surface area contributed by atoms with Gasteiger partial charge in [0.1, 0.15) is 0 Å². The van der Waals surface area contributed by atoms with E-state index >= 15 is 0 Å². The van der Waals surface area contributed by atoms with Crippen molar-refractivity contribution in [2.45, 2.75) is 50.7 Å². The molecule has 2 unspecified atom stereocenters. The van der Waals surface area contributed by atoms with Gasteiger partial charge in [-0.1, -0.05) is 34.1 Å². The number of hydrogen-bond donors (Lipinski definition) is 1. The van der Waals surface area contributed by atoms with Gasteiger partial charge in [0.2, 0.25) is 0 Å². The molecular weight excluding hydrogens is 292 g/mol. The van der Waals surface area contributed by atoms with Crippen LogP contribution in [0.5, 0.6) is 0 Å². The molecule has 1 aromatic carbocycles. The summed E-state index contributed by atoms with van der Waals surface area (Å²) in [5.41, 5.74) is 1.18. The Labute approximate surface area is 117 Å². The Balaban J connectivity index is 1.68. The fourth-order valence-corrected chi connectivity index (χ4v) is 2.92. The first-order valence-electron chi connectivity index (χ1n) is 6.79. The lowest BCUT2D eigenvalue weighted by Gasteiger charge is -2.13. The number of ether oxygens (including phenoxy) is 1. The average Bonchev–Trinajstić information content (AvgIpc) is 2.85. The first-order chi connectivity index (χ1) is 8.75. The smallest absolute Gasteiger partial charge is 0.0581 e. The molecule has 100 valence electrons. The molecule has 2 rings (SSSR count). The van der Waals surface area contributed by atoms with Crippen LogP contribution in [0, 0.1) is 0 Å². The minimum atomic E-state index is -0.245. The maximum absolute atomic E-state index is 10.0. The van der Waals surface area contributed by atoms with Crippen LogP contribution in [0.2, 0.25) is 0 Å². The Morgan fingerprint density at radius 2 is 2.22 bits per heavy atom. The first kappa shape index (κ1) is 14.0. The lowest BCUT2D eigenvalue weighted by atomic mass is 10.0. The van der Waals surface area contributed by atoms with Crippen molar-refractivity contribution in [3.8, 4) is 0 Å². The van der Waals surface area contributed by atoms with Crippen molar-refractivity contribution in [2.75, 3.05) is 6.61 Å². The summed E-state index contributed by atoms with van der Waals surface area (Å²) in [5.74, 6) is 0. The fourth-order valence-electron chi connectivity index (χ4n) is 2.47. The molecule has 2 nitrogen and oxygen atoms in total. The van der Waals surface area contributed by atoms with E-state index in [1.165, 1.54) is 18.4 Å². The molecule has 2 atom stereocenters. The predicted octanol–water partition coefficient (Wildman–Crippen LogP) is 3.70. The third-order valence-corrected chi connectivity index (χ3v) is 4.27. The Kier molecular flexibility index (Phi) is 5.67. The molecule has 1 fully saturated rings. The van der Waals surface area contributed by atoms with E-state index in [4.69, 9.17) is 4.74 Å². The van der Waals surface area contributed by atoms with Gasteiger partial charge in [-0.2, -0.15) is 0 Å². The van der Waals surface area contributed by atoms with Gasteiger partial charge in [-0.05, 0) is 50.2 Å². The van der Waals surface area contributed by atoms with Crippen LogP contribution >= 0.6 is 15.9 Å². The quantitative estimate of drug-likeness (QED) is 0.868. The molecule has 0 aliphatic carbocycles. The molecule has 1 heterocycles. The lowest BCUT2D eigenvalue weighted by molar-refractivity contribution is 0.0945. The van der Waals surface area contributed by atoms with Crippen LogP contribution in [0.1, 0.15) is 37.7 Å². The highest BCUT2D eigenvalue weighted by molar-refractivity contribution is 9.10. The summed E-state index contributed by atoms with van der Waals surface area (Å²) < 4.78 is 6.67. The van der Waals surface area contributed by atoms with E-state index in [-0.39, 0.29) is 6.10 Å². The molecule has 0 amide bonds. The van der Waals surface area contributed by atoms with Gasteiger partial charge in [-0.3, -0.25) is 0 Å². The van der Waals surface area contributed by atoms with E-state index in [0.29, 0.717) is 6.10 Å². The summed E-state index contributed by atoms with van der Waals surface area (Å²) in [6.07, 6.45) is 6.33. The maximum atomic E-state index is 10.0. The summed E-state index contributed by atoms with van der Waals surface area (Å²) in [6, 6.07) is 8.10. The van der Waals surface area contributed by atoms with E-state index in [1.54, 1.807) is 0 Å². The molecule has 1 aromatic rings. The van der Waals surface area contributed by atoms with Crippen molar-refractivity contribution >= 4 is 15.9 Å². The van der Waals surface area contributed by atoms with Crippen LogP contribution in [-0.4, -0.2) is 23.9 Å². The molecule has 18 heavy (non-hydrogen) atoms. The largest absolute Gasteiger partial charge is 0.393 e. The standard InChI is InChI=1S/C15H21BrO2/c16-15-9-2-1-5-12(15)11-13(17)6-3-7-14-8-4-10-18-14/h1-2,5,9,13-14,17H,3-4,6-8,10-11H2. The van der Waals surface area contributed by atoms with Gasteiger partial charge in [0, 0.05) is 11.1 Å². The second kappa shape index (κ2) is 7.27. The zero-order valence-corrected chi connectivity index (χ0v) is 12.2. The minimum absolute atomic E-state index is 0.245. The molecule has 0 bridgehead atoms. The number of hydrogen-bond acceptors (Lipinski definition) is 2. The lowest BCUT2D eigenvalue weighted by Crippen LogP contribution is -2.12. The van der Waals surface area contributed by atoms with Crippen molar-refractivity contribution < 1.29 is 9.84 Å². The third-order valence-electron chi connectivity index (χ3n) is 3.50. The van der Waals surface area contributed by atoms with Gasteiger partial charge in [0.25, 0.3) is 0 Å². The third kappa shape index (κ3) is 4.38. The van der Waals surface area contributed by atoms with Gasteiger partial charge in [0.05, 0.1) is 12.2 Å². The fraction of sp³-hybridized carbons (Fsp3) is 0.600. The van der Waals surface area contributed by atoms with Gasteiger partial charge < -0.3 is 9.84 Å². The topological polar surface area (TPSA) is 29.5 Å². The van der Waals surface area contributed by atoms with Crippen molar-refractivity contribution in [3.63, 3.8) is 0 Å². The highest BCUT2D eigenvalue weighted by Gasteiger charge is 2.15. The summed E-state index contributed by atoms with van der Waals surface area (Å²) in [6.45, 7) is 0.921. The first-order valence-corrected chi connectivity index (χ1v) is 7.58. The van der Waals surface area contributed by atoms with E-state index < -0.39 is 0 Å². The molecule has 0 aromatic heterocycles. The van der Waals surface area contributed by atoms with E-state index in [1.807, 2.05) is 18.2 Å². The molecule has 0 radical (unpaired) electrons. The van der Waals surface area contributed by atoms with Crippen LogP contribution in [0.4, 0.5) is 0 Å². The van der Waals surface area contributed by atoms with Crippen LogP contribution in [0.15, 0.2) is 28.7 Å². The number of halogens is 1. The minimum Gasteiger partial charge on any atom is -0.393 e. The Morgan fingerprint density at radius 3 is 2.94 bits per heavy atom. The number of aliphatic hydroxyl groups is 1. The Morgan fingerprint density at radius 1 is 1.39 bits per heavy atom. The normalized spacial score (nSPS) is 21.1. The summed E-state index contributed by atoms with van der Waals surface area (Å²) >= 11 is 3.52. The van der Waals surface area contributed by atoms with Crippen LogP contribution in [0.25, 0.3) is 0 Å². The second-order valence-electron chi connectivity index (χ2n) is 5.02. The maximum Gasteiger partial charge on any atom is 0.0581 e. The van der Waals surface area contributed by atoms with Gasteiger partial charge in [0.15, 0.2) is 0 Å². The molecule has 1 aliphatic heterocycles. The van der Waals surface area contributed by atoms with Gasteiger partial charge in [-0.15, -0.1) is 0 Å². The molecule has 1 saturated heterocycles. The van der Waals surface area contributed by atoms with Crippen LogP contribution in [0.3, 0.4) is 0 Å². The molecule has 1 aliphatic rings. The second-order valence-corrected chi connectivity index (χ2v) is 5.87. The van der Waals surface area contributed by atoms with Gasteiger partial charge >= 0.3 is 0 Å². The summed E-state index contributed by atoms with van der Waals surface area (Å²) in [5, 5.41) is 10.0. The Bertz CT molecular complexity index is 361. The van der Waals surface area contributed by atoms with Crippen LogP contribution in [-0.2, 0) is 11.2 Å². The van der Waals surface area contributed by atoms with E-state index in [0.717, 1.165) is 36.8 Å². The van der Waals surface area contributed by atoms with Crippen LogP contribution < -0.4 is 0 Å². The zero-order chi connectivity index (χ0) is 12.8. The van der Waals surface area contributed by atoms with Crippen molar-refractivity contribution in [1.29, 1.82) is 0 Å². The summed E-state index contributed by atoms with van der Waals surface area (Å²) in [4.78, 5) is 0. The van der Waals surface area contributed by atoms with Crippen molar-refractivity contribution in [2.24, 2.45) is 0 Å². The molecule has 1 N–H and O–H groups in total. The molecule has 0 saturated carbocycles.